The van der Waals surface area contributed by atoms with E-state index in [1.54, 1.807) is 11.3 Å². The average Bonchev–Trinajstić information content (AvgIpc) is 3.28. The first-order valence-electron chi connectivity index (χ1n) is 8.13. The maximum absolute atomic E-state index is 4.90. The van der Waals surface area contributed by atoms with Crippen molar-refractivity contribution in [2.45, 2.75) is 27.7 Å². The lowest BCUT2D eigenvalue weighted by molar-refractivity contribution is 0.879. The van der Waals surface area contributed by atoms with Gasteiger partial charge in [-0.15, -0.1) is 11.3 Å². The third-order valence-corrected chi connectivity index (χ3v) is 5.31. The number of benzene rings is 1. The summed E-state index contributed by atoms with van der Waals surface area (Å²) in [5, 5.41) is 10.1. The molecule has 4 aromatic rings. The zero-order valence-electron chi connectivity index (χ0n) is 14.7. The van der Waals surface area contributed by atoms with Crippen molar-refractivity contribution in [3.05, 3.63) is 58.5 Å². The van der Waals surface area contributed by atoms with Gasteiger partial charge >= 0.3 is 0 Å². The van der Waals surface area contributed by atoms with Crippen molar-refractivity contribution in [1.29, 1.82) is 0 Å². The Morgan fingerprint density at radius 3 is 2.60 bits per heavy atom. The Kier molecular flexibility index (Phi) is 3.77. The first-order chi connectivity index (χ1) is 12.0. The molecule has 0 radical (unpaired) electrons. The SMILES string of the molecule is Cc1ccc(-c2nc(-c3cc(C)n(-c4ncn[nH]4)c3C)cs2)c(C)c1. The lowest BCUT2D eigenvalue weighted by Crippen LogP contribution is -2.01. The van der Waals surface area contributed by atoms with Gasteiger partial charge in [0.05, 0.1) is 5.69 Å². The molecule has 5 nitrogen and oxygen atoms in total. The van der Waals surface area contributed by atoms with Crippen LogP contribution in [0.5, 0.6) is 0 Å². The highest BCUT2D eigenvalue weighted by atomic mass is 32.1. The molecule has 0 amide bonds. The summed E-state index contributed by atoms with van der Waals surface area (Å²) in [6.45, 7) is 8.40. The van der Waals surface area contributed by atoms with Gasteiger partial charge in [0.1, 0.15) is 11.3 Å². The van der Waals surface area contributed by atoms with E-state index in [0.29, 0.717) is 0 Å². The van der Waals surface area contributed by atoms with E-state index in [2.05, 4.69) is 77.1 Å². The van der Waals surface area contributed by atoms with E-state index in [0.717, 1.165) is 33.6 Å². The van der Waals surface area contributed by atoms with Crippen LogP contribution in [0.1, 0.15) is 22.5 Å². The molecule has 0 saturated carbocycles. The number of hydrogen-bond donors (Lipinski definition) is 1. The van der Waals surface area contributed by atoms with Crippen molar-refractivity contribution in [2.24, 2.45) is 0 Å². The van der Waals surface area contributed by atoms with Crippen LogP contribution in [0.4, 0.5) is 0 Å². The fourth-order valence-electron chi connectivity index (χ4n) is 3.23. The van der Waals surface area contributed by atoms with Gasteiger partial charge in [-0.2, -0.15) is 10.1 Å². The second kappa shape index (κ2) is 5.97. The molecule has 0 fully saturated rings. The van der Waals surface area contributed by atoms with E-state index in [-0.39, 0.29) is 0 Å². The molecule has 0 aliphatic heterocycles. The molecule has 1 N–H and O–H groups in total. The second-order valence-electron chi connectivity index (χ2n) is 6.29. The number of nitrogens with one attached hydrogen (secondary N) is 1. The van der Waals surface area contributed by atoms with Crippen LogP contribution in [0.15, 0.2) is 36.0 Å². The van der Waals surface area contributed by atoms with Gasteiger partial charge < -0.3 is 0 Å². The third kappa shape index (κ3) is 2.68. The Hall–Kier alpha value is -2.73. The minimum absolute atomic E-state index is 0.728. The van der Waals surface area contributed by atoms with E-state index in [1.807, 2.05) is 0 Å². The minimum Gasteiger partial charge on any atom is -0.287 e. The summed E-state index contributed by atoms with van der Waals surface area (Å²) in [6, 6.07) is 8.65. The van der Waals surface area contributed by atoms with Gasteiger partial charge in [0.25, 0.3) is 0 Å². The van der Waals surface area contributed by atoms with Crippen LogP contribution < -0.4 is 0 Å². The summed E-state index contributed by atoms with van der Waals surface area (Å²) in [4.78, 5) is 9.16. The lowest BCUT2D eigenvalue weighted by atomic mass is 10.1. The molecule has 0 atom stereocenters. The molecule has 0 saturated heterocycles. The molecular weight excluding hydrogens is 330 g/mol. The number of H-pyrrole nitrogens is 1. The highest BCUT2D eigenvalue weighted by Crippen LogP contribution is 2.34. The Labute approximate surface area is 150 Å². The van der Waals surface area contributed by atoms with Crippen molar-refractivity contribution in [3.8, 4) is 27.8 Å². The number of rotatable bonds is 3. The van der Waals surface area contributed by atoms with Gasteiger partial charge in [-0.25, -0.2) is 10.1 Å². The molecule has 6 heteroatoms. The fourth-order valence-corrected chi connectivity index (χ4v) is 4.14. The maximum atomic E-state index is 4.90. The standard InChI is InChI=1S/C19H19N5S/c1-11-5-6-15(12(2)7-11)18-22-17(9-25-18)16-8-13(3)24(14(16)4)19-20-10-21-23-19/h5-10H,1-4H3,(H,20,21,23). The van der Waals surface area contributed by atoms with Gasteiger partial charge in [0.15, 0.2) is 0 Å². The van der Waals surface area contributed by atoms with Crippen molar-refractivity contribution in [2.75, 3.05) is 0 Å². The zero-order chi connectivity index (χ0) is 17.6. The number of thiazole rings is 1. The Morgan fingerprint density at radius 1 is 1.04 bits per heavy atom. The normalized spacial score (nSPS) is 11.2. The monoisotopic (exact) mass is 349 g/mol. The van der Waals surface area contributed by atoms with Crippen LogP contribution in [-0.4, -0.2) is 24.7 Å². The highest BCUT2D eigenvalue weighted by Gasteiger charge is 2.17. The number of aryl methyl sites for hydroxylation is 3. The van der Waals surface area contributed by atoms with E-state index in [9.17, 15) is 0 Å². The van der Waals surface area contributed by atoms with Gasteiger partial charge in [0, 0.05) is 27.9 Å². The topological polar surface area (TPSA) is 59.4 Å². The molecule has 3 heterocycles. The van der Waals surface area contributed by atoms with E-state index < -0.39 is 0 Å². The Balaban J connectivity index is 1.77. The molecule has 3 aromatic heterocycles. The number of nitrogens with zero attached hydrogens (tertiary/aromatic N) is 4. The molecular formula is C19H19N5S. The number of hydrogen-bond acceptors (Lipinski definition) is 4. The predicted molar refractivity (Wildman–Crippen MR) is 101 cm³/mol. The smallest absolute Gasteiger partial charge is 0.229 e. The van der Waals surface area contributed by atoms with Crippen molar-refractivity contribution >= 4 is 11.3 Å². The summed E-state index contributed by atoms with van der Waals surface area (Å²) < 4.78 is 2.07. The van der Waals surface area contributed by atoms with Crippen molar-refractivity contribution in [3.63, 3.8) is 0 Å². The van der Waals surface area contributed by atoms with Crippen LogP contribution in [0.3, 0.4) is 0 Å². The van der Waals surface area contributed by atoms with Crippen LogP contribution >= 0.6 is 11.3 Å². The summed E-state index contributed by atoms with van der Waals surface area (Å²) in [7, 11) is 0. The Morgan fingerprint density at radius 2 is 1.88 bits per heavy atom. The van der Waals surface area contributed by atoms with E-state index >= 15 is 0 Å². The summed E-state index contributed by atoms with van der Waals surface area (Å²) in [5.41, 5.74) is 8.06. The van der Waals surface area contributed by atoms with Gasteiger partial charge in [-0.1, -0.05) is 23.8 Å². The molecule has 0 bridgehead atoms. The first-order valence-corrected chi connectivity index (χ1v) is 9.01. The third-order valence-electron chi connectivity index (χ3n) is 4.44. The number of aromatic nitrogens is 5. The molecule has 126 valence electrons. The fraction of sp³-hybridized carbons (Fsp3) is 0.211. The molecule has 1 aromatic carbocycles. The average molecular weight is 349 g/mol. The predicted octanol–water partition coefficient (Wildman–Crippen LogP) is 4.62. The molecule has 0 aliphatic carbocycles. The summed E-state index contributed by atoms with van der Waals surface area (Å²) in [6.07, 6.45) is 1.52. The molecule has 25 heavy (non-hydrogen) atoms. The summed E-state index contributed by atoms with van der Waals surface area (Å²) >= 11 is 1.68. The Bertz CT molecular complexity index is 1040. The van der Waals surface area contributed by atoms with Crippen LogP contribution in [0.25, 0.3) is 27.8 Å². The van der Waals surface area contributed by atoms with Gasteiger partial charge in [0.2, 0.25) is 5.95 Å². The van der Waals surface area contributed by atoms with Crippen LogP contribution in [0, 0.1) is 27.7 Å². The first kappa shape index (κ1) is 15.8. The number of aromatic amines is 1. The maximum Gasteiger partial charge on any atom is 0.229 e. The molecule has 0 spiro atoms. The van der Waals surface area contributed by atoms with E-state index in [4.69, 9.17) is 4.98 Å². The van der Waals surface area contributed by atoms with Gasteiger partial charge in [-0.05, 0) is 39.3 Å². The van der Waals surface area contributed by atoms with Crippen LogP contribution in [0.2, 0.25) is 0 Å². The highest BCUT2D eigenvalue weighted by molar-refractivity contribution is 7.13. The summed E-state index contributed by atoms with van der Waals surface area (Å²) in [5.74, 6) is 0.728. The quantitative estimate of drug-likeness (QED) is 0.587. The van der Waals surface area contributed by atoms with Crippen molar-refractivity contribution in [1.82, 2.24) is 24.7 Å². The van der Waals surface area contributed by atoms with E-state index in [1.165, 1.54) is 23.0 Å². The largest absolute Gasteiger partial charge is 0.287 e. The molecule has 0 aliphatic rings. The second-order valence-corrected chi connectivity index (χ2v) is 7.14. The molecule has 4 rings (SSSR count). The zero-order valence-corrected chi connectivity index (χ0v) is 15.5. The molecule has 0 unspecified atom stereocenters. The minimum atomic E-state index is 0.728. The lowest BCUT2D eigenvalue weighted by Gasteiger charge is -2.05. The van der Waals surface area contributed by atoms with Gasteiger partial charge in [-0.3, -0.25) is 4.57 Å². The van der Waals surface area contributed by atoms with Crippen LogP contribution in [-0.2, 0) is 0 Å². The van der Waals surface area contributed by atoms with Crippen molar-refractivity contribution < 1.29 is 0 Å².